The summed E-state index contributed by atoms with van der Waals surface area (Å²) in [6.45, 7) is 2.03. The molecule has 1 amide bonds. The molecule has 0 atom stereocenters. The van der Waals surface area contributed by atoms with E-state index in [-0.39, 0.29) is 13.2 Å². The van der Waals surface area contributed by atoms with Crippen LogP contribution in [0.1, 0.15) is 23.2 Å². The monoisotopic (exact) mass is 356 g/mol. The van der Waals surface area contributed by atoms with Crippen LogP contribution in [-0.4, -0.2) is 44.8 Å². The zero-order valence-corrected chi connectivity index (χ0v) is 13.9. The van der Waals surface area contributed by atoms with Gasteiger partial charge >= 0.3 is 6.09 Å². The number of carbonyl (C=O) groups excluding carboxylic acids is 1. The second kappa shape index (κ2) is 6.70. The van der Waals surface area contributed by atoms with Crippen molar-refractivity contribution < 1.29 is 22.7 Å². The molecule has 0 unspecified atom stereocenters. The number of ether oxygens (including phenoxy) is 1. The van der Waals surface area contributed by atoms with Gasteiger partial charge in [0, 0.05) is 17.5 Å². The van der Waals surface area contributed by atoms with Crippen molar-refractivity contribution in [2.75, 3.05) is 13.2 Å². The van der Waals surface area contributed by atoms with Gasteiger partial charge in [0.25, 0.3) is 6.43 Å². The second-order valence-corrected chi connectivity index (χ2v) is 5.99. The van der Waals surface area contributed by atoms with E-state index in [1.54, 1.807) is 13.0 Å². The lowest BCUT2D eigenvalue weighted by molar-refractivity contribution is 0.146. The van der Waals surface area contributed by atoms with Crippen LogP contribution in [0.15, 0.2) is 30.5 Å². The van der Waals surface area contributed by atoms with E-state index in [9.17, 15) is 18.0 Å². The van der Waals surface area contributed by atoms with E-state index in [4.69, 9.17) is 20.4 Å². The number of nitrogens with zero attached hydrogens (tertiary/aromatic N) is 2. The highest BCUT2D eigenvalue weighted by molar-refractivity contribution is 6.40. The molecule has 9 heteroatoms. The first kappa shape index (κ1) is 18.4. The lowest BCUT2D eigenvalue weighted by atomic mass is 9.56. The third kappa shape index (κ3) is 3.18. The number of amides is 1. The molecule has 1 aromatic heterocycles. The molecule has 3 rings (SSSR count). The molecule has 1 fully saturated rings. The molecule has 1 aliphatic heterocycles. The number of hydrogen-bond donors (Lipinski definition) is 0. The molecule has 0 bridgehead atoms. The first-order chi connectivity index (χ1) is 12.2. The molecule has 0 aliphatic carbocycles. The van der Waals surface area contributed by atoms with Gasteiger partial charge in [-0.3, -0.25) is 4.98 Å². The third-order valence-corrected chi connectivity index (χ3v) is 4.29. The van der Waals surface area contributed by atoms with E-state index in [1.807, 2.05) is 0 Å². The molecule has 1 aromatic carbocycles. The Morgan fingerprint density at radius 3 is 2.62 bits per heavy atom. The van der Waals surface area contributed by atoms with E-state index in [2.05, 4.69) is 4.98 Å². The second-order valence-electron chi connectivity index (χ2n) is 5.99. The molecule has 0 N–H and O–H groups in total. The molecule has 0 spiro atoms. The highest BCUT2D eigenvalue weighted by atomic mass is 19.3. The molecule has 1 saturated heterocycles. The maximum Gasteiger partial charge on any atom is 0.409 e. The zero-order chi connectivity index (χ0) is 19.1. The van der Waals surface area contributed by atoms with Crippen LogP contribution < -0.4 is 0 Å². The summed E-state index contributed by atoms with van der Waals surface area (Å²) in [5.74, 6) is -0.990. The maximum atomic E-state index is 13.5. The molecule has 130 valence electrons. The summed E-state index contributed by atoms with van der Waals surface area (Å²) in [6.07, 6.45) is -2.16. The van der Waals surface area contributed by atoms with E-state index >= 15 is 0 Å². The smallest absolute Gasteiger partial charge is 0.409 e. The van der Waals surface area contributed by atoms with Crippen molar-refractivity contribution in [1.29, 1.82) is 0 Å². The van der Waals surface area contributed by atoms with Gasteiger partial charge in [0.2, 0.25) is 0 Å². The Hall–Kier alpha value is -2.44. The van der Waals surface area contributed by atoms with Gasteiger partial charge in [0.1, 0.15) is 12.4 Å². The number of hydrogen-bond acceptors (Lipinski definition) is 3. The van der Waals surface area contributed by atoms with Crippen molar-refractivity contribution in [1.82, 2.24) is 9.88 Å². The van der Waals surface area contributed by atoms with Gasteiger partial charge in [-0.05, 0) is 41.6 Å². The zero-order valence-electron chi connectivity index (χ0n) is 13.9. The Kier molecular flexibility index (Phi) is 4.73. The predicted molar refractivity (Wildman–Crippen MR) is 90.6 cm³/mol. The van der Waals surface area contributed by atoms with Crippen LogP contribution in [-0.2, 0) is 10.1 Å². The summed E-state index contributed by atoms with van der Waals surface area (Å²) < 4.78 is 44.3. The summed E-state index contributed by atoms with van der Waals surface area (Å²) >= 11 is 0. The fraction of sp³-hybridized carbons (Fsp3) is 0.294. The van der Waals surface area contributed by atoms with Crippen LogP contribution in [0.2, 0.25) is 0 Å². The van der Waals surface area contributed by atoms with Crippen molar-refractivity contribution in [2.45, 2.75) is 18.7 Å². The summed E-state index contributed by atoms with van der Waals surface area (Å²) in [6, 6.07) is 4.92. The number of pyridine rings is 1. The number of halogens is 3. The molecule has 4 nitrogen and oxygen atoms in total. The number of benzene rings is 1. The average Bonchev–Trinajstić information content (AvgIpc) is 3.02. The minimum atomic E-state index is -2.95. The van der Waals surface area contributed by atoms with Crippen LogP contribution in [0.25, 0.3) is 11.1 Å². The predicted octanol–water partition coefficient (Wildman–Crippen LogP) is 3.03. The van der Waals surface area contributed by atoms with Gasteiger partial charge in [0.05, 0.1) is 27.8 Å². The Bertz CT molecular complexity index is 862. The topological polar surface area (TPSA) is 42.4 Å². The average molecular weight is 356 g/mol. The Morgan fingerprint density at radius 1 is 1.27 bits per heavy atom. The molecule has 2 aromatic rings. The van der Waals surface area contributed by atoms with Gasteiger partial charge in [0.15, 0.2) is 0 Å². The molecular weight excluding hydrogens is 343 g/mol. The highest BCUT2D eigenvalue weighted by Gasteiger charge is 2.37. The van der Waals surface area contributed by atoms with Gasteiger partial charge in [-0.15, -0.1) is 0 Å². The minimum Gasteiger partial charge on any atom is -0.448 e. The standard InChI is InChI=1S/C17H13B2F3N2O2/c1-9-13(17(18,19)24-4-5-26-16(24)25)7-11(8-23-9)10-2-3-14(20)12(6-10)15(21)22/h2-3,6-8,15H,4-5H2,1H3. The number of rotatable bonds is 4. The Balaban J connectivity index is 2.06. The number of aromatic nitrogens is 1. The first-order valence-corrected chi connectivity index (χ1v) is 7.79. The number of cyclic esters (lactones) is 1. The lowest BCUT2D eigenvalue weighted by Gasteiger charge is -2.36. The van der Waals surface area contributed by atoms with Gasteiger partial charge in [-0.2, -0.15) is 0 Å². The van der Waals surface area contributed by atoms with Crippen LogP contribution in [0.5, 0.6) is 0 Å². The minimum absolute atomic E-state index is 0.164. The normalized spacial score (nSPS) is 14.8. The van der Waals surface area contributed by atoms with Gasteiger partial charge in [-0.25, -0.2) is 18.0 Å². The molecule has 1 aliphatic rings. The highest BCUT2D eigenvalue weighted by Crippen LogP contribution is 2.32. The van der Waals surface area contributed by atoms with E-state index in [1.165, 1.54) is 12.3 Å². The quantitative estimate of drug-likeness (QED) is 0.792. The van der Waals surface area contributed by atoms with E-state index < -0.39 is 29.2 Å². The number of alkyl halides is 2. The summed E-state index contributed by atoms with van der Waals surface area (Å²) in [5, 5.41) is -1.69. The van der Waals surface area contributed by atoms with Crippen molar-refractivity contribution in [3.8, 4) is 11.1 Å². The SMILES string of the molecule is [B]C([B])(c1cc(-c2ccc(F)c(C(F)F)c2)cnc1C)N1CCOC1=O. The summed E-state index contributed by atoms with van der Waals surface area (Å²) in [4.78, 5) is 17.2. The van der Waals surface area contributed by atoms with Crippen molar-refractivity contribution in [2.24, 2.45) is 0 Å². The van der Waals surface area contributed by atoms with E-state index in [0.29, 0.717) is 22.4 Å². The van der Waals surface area contributed by atoms with Crippen molar-refractivity contribution in [3.63, 3.8) is 0 Å². The van der Waals surface area contributed by atoms with Crippen LogP contribution >= 0.6 is 0 Å². The first-order valence-electron chi connectivity index (χ1n) is 7.79. The fourth-order valence-corrected chi connectivity index (χ4v) is 2.86. The Labute approximate surface area is 151 Å². The maximum absolute atomic E-state index is 13.5. The molecule has 0 saturated carbocycles. The van der Waals surface area contributed by atoms with Crippen LogP contribution in [0.3, 0.4) is 0 Å². The number of carbonyl (C=O) groups is 1. The third-order valence-electron chi connectivity index (χ3n) is 4.29. The molecule has 2 heterocycles. The van der Waals surface area contributed by atoms with Gasteiger partial charge in [-0.1, -0.05) is 6.07 Å². The summed E-state index contributed by atoms with van der Waals surface area (Å²) in [5.41, 5.74) is 0.835. The number of aryl methyl sites for hydroxylation is 1. The van der Waals surface area contributed by atoms with Crippen molar-refractivity contribution in [3.05, 3.63) is 53.1 Å². The van der Waals surface area contributed by atoms with E-state index in [0.717, 1.165) is 17.0 Å². The van der Waals surface area contributed by atoms with Crippen LogP contribution in [0.4, 0.5) is 18.0 Å². The Morgan fingerprint density at radius 2 is 2.00 bits per heavy atom. The van der Waals surface area contributed by atoms with Gasteiger partial charge < -0.3 is 9.64 Å². The van der Waals surface area contributed by atoms with Crippen LogP contribution in [0, 0.1) is 12.7 Å². The molecule has 4 radical (unpaired) electrons. The molecule has 26 heavy (non-hydrogen) atoms. The summed E-state index contributed by atoms with van der Waals surface area (Å²) in [7, 11) is 12.3. The largest absolute Gasteiger partial charge is 0.448 e. The van der Waals surface area contributed by atoms with Crippen molar-refractivity contribution >= 4 is 21.8 Å². The molecular formula is C17H13B2F3N2O2. The lowest BCUT2D eigenvalue weighted by Crippen LogP contribution is -2.48. The fourth-order valence-electron chi connectivity index (χ4n) is 2.86.